The standard InChI is InChI=1S/C16H20N6O4S/c1-25-14(6-7-21-11-19-15-9-17-10-18-16(15)21)8-20-27-26-13-4-2-12(3-5-13)22(23)24/h2-5,9-10,14,19-20H,6-8,11H2,1H3. The maximum atomic E-state index is 10.6. The summed E-state index contributed by atoms with van der Waals surface area (Å²) in [4.78, 5) is 20.6. The van der Waals surface area contributed by atoms with Gasteiger partial charge < -0.3 is 19.1 Å². The Kier molecular flexibility index (Phi) is 6.63. The second-order valence-electron chi connectivity index (χ2n) is 5.77. The molecule has 11 heteroatoms. The SMILES string of the molecule is COC(CCN1CNc2cncnc21)CNSOc1ccc([N+](=O)[O-])cc1. The molecule has 0 fully saturated rings. The van der Waals surface area contributed by atoms with Gasteiger partial charge in [-0.25, -0.2) is 14.7 Å². The van der Waals surface area contributed by atoms with Crippen LogP contribution in [-0.2, 0) is 4.74 Å². The number of nitro benzene ring substituents is 1. The molecule has 0 bridgehead atoms. The number of aromatic nitrogens is 2. The number of anilines is 2. The van der Waals surface area contributed by atoms with E-state index in [0.717, 1.165) is 36.7 Å². The Balaban J connectivity index is 1.37. The summed E-state index contributed by atoms with van der Waals surface area (Å²) >= 11 is 1.06. The molecule has 0 saturated carbocycles. The van der Waals surface area contributed by atoms with Crippen molar-refractivity contribution >= 4 is 29.4 Å². The first-order valence-corrected chi connectivity index (χ1v) is 9.04. The molecule has 2 aromatic rings. The summed E-state index contributed by atoms with van der Waals surface area (Å²) in [6, 6.07) is 5.92. The Hall–Kier alpha value is -2.63. The fraction of sp³-hybridized carbons (Fsp3) is 0.375. The van der Waals surface area contributed by atoms with Gasteiger partial charge in [-0.3, -0.25) is 10.1 Å². The molecule has 0 aliphatic carbocycles. The molecule has 1 aliphatic heterocycles. The van der Waals surface area contributed by atoms with E-state index in [9.17, 15) is 10.1 Å². The molecule has 144 valence electrons. The zero-order valence-corrected chi connectivity index (χ0v) is 15.5. The van der Waals surface area contributed by atoms with Gasteiger partial charge in [0.15, 0.2) is 5.82 Å². The van der Waals surface area contributed by atoms with Gasteiger partial charge in [-0.05, 0) is 18.6 Å². The quantitative estimate of drug-likeness (QED) is 0.205. The Morgan fingerprint density at radius 1 is 1.44 bits per heavy atom. The number of hydrogen-bond acceptors (Lipinski definition) is 10. The van der Waals surface area contributed by atoms with Crippen LogP contribution in [0.4, 0.5) is 17.2 Å². The molecule has 0 amide bonds. The van der Waals surface area contributed by atoms with Crippen LogP contribution in [0.3, 0.4) is 0 Å². The van der Waals surface area contributed by atoms with Gasteiger partial charge in [-0.1, -0.05) is 0 Å². The largest absolute Gasteiger partial charge is 0.410 e. The third kappa shape index (κ3) is 5.18. The predicted octanol–water partition coefficient (Wildman–Crippen LogP) is 2.21. The molecule has 27 heavy (non-hydrogen) atoms. The first-order chi connectivity index (χ1) is 13.2. The number of benzene rings is 1. The molecule has 1 aromatic heterocycles. The number of hydrogen-bond donors (Lipinski definition) is 2. The van der Waals surface area contributed by atoms with E-state index in [1.54, 1.807) is 31.8 Å². The van der Waals surface area contributed by atoms with Gasteiger partial charge in [0.1, 0.15) is 24.3 Å². The Bertz CT molecular complexity index is 763. The van der Waals surface area contributed by atoms with Gasteiger partial charge in [-0.2, -0.15) is 0 Å². The fourth-order valence-electron chi connectivity index (χ4n) is 2.57. The third-order valence-corrected chi connectivity index (χ3v) is 4.62. The van der Waals surface area contributed by atoms with E-state index in [1.165, 1.54) is 12.1 Å². The molecule has 3 rings (SSSR count). The van der Waals surface area contributed by atoms with Crippen LogP contribution in [0.2, 0.25) is 0 Å². The van der Waals surface area contributed by atoms with E-state index in [0.29, 0.717) is 19.0 Å². The van der Waals surface area contributed by atoms with Crippen molar-refractivity contribution < 1.29 is 13.8 Å². The Morgan fingerprint density at radius 3 is 3.00 bits per heavy atom. The average Bonchev–Trinajstić information content (AvgIpc) is 3.11. The van der Waals surface area contributed by atoms with Crippen LogP contribution in [-0.4, -0.2) is 47.9 Å². The highest BCUT2D eigenvalue weighted by Gasteiger charge is 2.20. The molecule has 0 saturated heterocycles. The number of fused-ring (bicyclic) bond motifs is 1. The molecular formula is C16H20N6O4S. The van der Waals surface area contributed by atoms with Gasteiger partial charge in [0.25, 0.3) is 5.69 Å². The molecule has 1 aromatic carbocycles. The van der Waals surface area contributed by atoms with Crippen molar-refractivity contribution in [3.63, 3.8) is 0 Å². The van der Waals surface area contributed by atoms with E-state index in [-0.39, 0.29) is 11.8 Å². The molecule has 10 nitrogen and oxygen atoms in total. The van der Waals surface area contributed by atoms with Gasteiger partial charge >= 0.3 is 0 Å². The minimum atomic E-state index is -0.446. The van der Waals surface area contributed by atoms with Crippen molar-refractivity contribution in [1.29, 1.82) is 0 Å². The van der Waals surface area contributed by atoms with Gasteiger partial charge in [0.05, 0.1) is 29.6 Å². The van der Waals surface area contributed by atoms with E-state index < -0.39 is 4.92 Å². The van der Waals surface area contributed by atoms with Crippen LogP contribution in [0, 0.1) is 10.1 Å². The highest BCUT2D eigenvalue weighted by Crippen LogP contribution is 2.27. The summed E-state index contributed by atoms with van der Waals surface area (Å²) in [5, 5.41) is 13.9. The number of ether oxygens (including phenoxy) is 1. The topological polar surface area (TPSA) is 115 Å². The molecule has 1 unspecified atom stereocenters. The van der Waals surface area contributed by atoms with Crippen molar-refractivity contribution in [2.24, 2.45) is 0 Å². The lowest BCUT2D eigenvalue weighted by Gasteiger charge is -2.21. The number of non-ortho nitro benzene ring substituents is 1. The lowest BCUT2D eigenvalue weighted by molar-refractivity contribution is -0.384. The van der Waals surface area contributed by atoms with Crippen LogP contribution in [0.1, 0.15) is 6.42 Å². The van der Waals surface area contributed by atoms with Crippen LogP contribution in [0.5, 0.6) is 5.75 Å². The first-order valence-electron chi connectivity index (χ1n) is 8.30. The monoisotopic (exact) mass is 392 g/mol. The van der Waals surface area contributed by atoms with Crippen molar-refractivity contribution in [3.8, 4) is 5.75 Å². The molecule has 2 heterocycles. The summed E-state index contributed by atoms with van der Waals surface area (Å²) in [5.74, 6) is 1.44. The fourth-order valence-corrected chi connectivity index (χ4v) is 3.09. The van der Waals surface area contributed by atoms with E-state index >= 15 is 0 Å². The van der Waals surface area contributed by atoms with Gasteiger partial charge in [-0.15, -0.1) is 0 Å². The van der Waals surface area contributed by atoms with Crippen molar-refractivity contribution in [2.45, 2.75) is 12.5 Å². The smallest absolute Gasteiger partial charge is 0.269 e. The summed E-state index contributed by atoms with van der Waals surface area (Å²) in [7, 11) is 1.67. The normalized spacial score (nSPS) is 13.7. The molecule has 0 spiro atoms. The second kappa shape index (κ2) is 9.35. The Morgan fingerprint density at radius 2 is 2.26 bits per heavy atom. The summed E-state index contributed by atoms with van der Waals surface area (Å²) in [5.41, 5.74) is 0.972. The van der Waals surface area contributed by atoms with Crippen molar-refractivity contribution in [1.82, 2.24) is 14.7 Å². The summed E-state index contributed by atoms with van der Waals surface area (Å²) in [6.45, 7) is 2.09. The van der Waals surface area contributed by atoms with E-state index in [2.05, 4.69) is 24.9 Å². The number of nitrogens with zero attached hydrogens (tertiary/aromatic N) is 4. The highest BCUT2D eigenvalue weighted by molar-refractivity contribution is 7.93. The molecular weight excluding hydrogens is 372 g/mol. The van der Waals surface area contributed by atoms with E-state index in [1.807, 2.05) is 0 Å². The predicted molar refractivity (Wildman–Crippen MR) is 103 cm³/mol. The molecule has 1 aliphatic rings. The third-order valence-electron chi connectivity index (χ3n) is 4.06. The number of nitro groups is 1. The van der Waals surface area contributed by atoms with Crippen LogP contribution in [0.15, 0.2) is 36.8 Å². The maximum absolute atomic E-state index is 10.6. The molecule has 0 radical (unpaired) electrons. The zero-order valence-electron chi connectivity index (χ0n) is 14.7. The Labute approximate surface area is 160 Å². The number of methoxy groups -OCH3 is 1. The average molecular weight is 392 g/mol. The second-order valence-corrected chi connectivity index (χ2v) is 6.39. The minimum absolute atomic E-state index is 0.00356. The van der Waals surface area contributed by atoms with Crippen LogP contribution >= 0.6 is 12.2 Å². The molecule has 1 atom stereocenters. The number of rotatable bonds is 10. The van der Waals surface area contributed by atoms with Crippen molar-refractivity contribution in [3.05, 3.63) is 46.9 Å². The van der Waals surface area contributed by atoms with Crippen LogP contribution in [0.25, 0.3) is 0 Å². The van der Waals surface area contributed by atoms with E-state index in [4.69, 9.17) is 8.92 Å². The van der Waals surface area contributed by atoms with Crippen molar-refractivity contribution in [2.75, 3.05) is 37.1 Å². The lowest BCUT2D eigenvalue weighted by atomic mass is 10.2. The number of nitrogens with one attached hydrogen (secondary N) is 2. The van der Waals surface area contributed by atoms with Gasteiger partial charge in [0, 0.05) is 32.3 Å². The first kappa shape index (κ1) is 19.1. The molecule has 2 N–H and O–H groups in total. The lowest BCUT2D eigenvalue weighted by Crippen LogP contribution is -2.32. The summed E-state index contributed by atoms with van der Waals surface area (Å²) in [6.07, 6.45) is 4.13. The zero-order chi connectivity index (χ0) is 19.1. The maximum Gasteiger partial charge on any atom is 0.269 e. The summed E-state index contributed by atoms with van der Waals surface area (Å²) < 4.78 is 14.0. The van der Waals surface area contributed by atoms with Crippen LogP contribution < -0.4 is 19.1 Å². The van der Waals surface area contributed by atoms with Gasteiger partial charge in [0.2, 0.25) is 0 Å². The highest BCUT2D eigenvalue weighted by atomic mass is 32.2. The minimum Gasteiger partial charge on any atom is -0.410 e.